The fourth-order valence-corrected chi connectivity index (χ4v) is 2.52. The van der Waals surface area contributed by atoms with Gasteiger partial charge in [0.05, 0.1) is 17.2 Å². The molecular weight excluding hydrogens is 186 g/mol. The molecule has 0 amide bonds. The Balaban J connectivity index is 2.49. The van der Waals surface area contributed by atoms with Gasteiger partial charge in [0.25, 0.3) is 0 Å². The molecule has 0 heterocycles. The van der Waals surface area contributed by atoms with E-state index in [1.807, 2.05) is 18.2 Å². The molecular formula is C13H15NO. The third kappa shape index (κ3) is 1.53. The highest BCUT2D eigenvalue weighted by molar-refractivity contribution is 5.41. The number of aliphatic hydroxyl groups is 1. The molecule has 1 fully saturated rings. The second-order valence-corrected chi connectivity index (χ2v) is 4.37. The first-order valence-electron chi connectivity index (χ1n) is 5.40. The minimum Gasteiger partial charge on any atom is -0.385 e. The van der Waals surface area contributed by atoms with Crippen molar-refractivity contribution in [3.63, 3.8) is 0 Å². The van der Waals surface area contributed by atoms with Crippen molar-refractivity contribution in [2.24, 2.45) is 5.92 Å². The lowest BCUT2D eigenvalue weighted by atomic mass is 9.83. The highest BCUT2D eigenvalue weighted by Gasteiger charge is 2.40. The van der Waals surface area contributed by atoms with Gasteiger partial charge in [-0.15, -0.1) is 0 Å². The SMILES string of the molecule is CC1CCCC1(O)c1ccccc1C#N. The monoisotopic (exact) mass is 201 g/mol. The van der Waals surface area contributed by atoms with Crippen molar-refractivity contribution in [1.29, 1.82) is 5.26 Å². The Morgan fingerprint density at radius 3 is 2.80 bits per heavy atom. The van der Waals surface area contributed by atoms with E-state index in [4.69, 9.17) is 5.26 Å². The summed E-state index contributed by atoms with van der Waals surface area (Å²) in [5, 5.41) is 19.6. The van der Waals surface area contributed by atoms with Crippen LogP contribution in [0.5, 0.6) is 0 Å². The predicted molar refractivity (Wildman–Crippen MR) is 58.1 cm³/mol. The van der Waals surface area contributed by atoms with Crippen LogP contribution in [0, 0.1) is 17.2 Å². The lowest BCUT2D eigenvalue weighted by Crippen LogP contribution is -2.29. The molecule has 0 aliphatic heterocycles. The molecule has 0 aromatic heterocycles. The fourth-order valence-electron chi connectivity index (χ4n) is 2.52. The van der Waals surface area contributed by atoms with Crippen LogP contribution in [0.25, 0.3) is 0 Å². The number of nitriles is 1. The molecule has 1 N–H and O–H groups in total. The lowest BCUT2D eigenvalue weighted by Gasteiger charge is -2.29. The Morgan fingerprint density at radius 2 is 2.20 bits per heavy atom. The zero-order chi connectivity index (χ0) is 10.9. The maximum atomic E-state index is 10.6. The highest BCUT2D eigenvalue weighted by Crippen LogP contribution is 2.44. The van der Waals surface area contributed by atoms with E-state index >= 15 is 0 Å². The molecule has 2 heteroatoms. The molecule has 0 spiro atoms. The summed E-state index contributed by atoms with van der Waals surface area (Å²) in [4.78, 5) is 0. The lowest BCUT2D eigenvalue weighted by molar-refractivity contribution is 0.00424. The van der Waals surface area contributed by atoms with Gasteiger partial charge >= 0.3 is 0 Å². The van der Waals surface area contributed by atoms with Crippen LogP contribution < -0.4 is 0 Å². The van der Waals surface area contributed by atoms with E-state index in [1.54, 1.807) is 6.07 Å². The van der Waals surface area contributed by atoms with Crippen LogP contribution in [-0.2, 0) is 5.60 Å². The summed E-state index contributed by atoms with van der Waals surface area (Å²) in [6, 6.07) is 9.54. The summed E-state index contributed by atoms with van der Waals surface area (Å²) < 4.78 is 0. The van der Waals surface area contributed by atoms with Crippen molar-refractivity contribution >= 4 is 0 Å². The Bertz CT molecular complexity index is 407. The molecule has 0 bridgehead atoms. The molecule has 2 nitrogen and oxygen atoms in total. The van der Waals surface area contributed by atoms with E-state index < -0.39 is 5.60 Å². The van der Waals surface area contributed by atoms with Crippen molar-refractivity contribution in [2.45, 2.75) is 31.8 Å². The molecule has 2 atom stereocenters. The Kier molecular flexibility index (Phi) is 2.50. The van der Waals surface area contributed by atoms with Crippen LogP contribution in [0.4, 0.5) is 0 Å². The average molecular weight is 201 g/mol. The number of hydrogen-bond donors (Lipinski definition) is 1. The Labute approximate surface area is 90.2 Å². The van der Waals surface area contributed by atoms with Gasteiger partial charge < -0.3 is 5.11 Å². The van der Waals surface area contributed by atoms with Gasteiger partial charge in [0.2, 0.25) is 0 Å². The molecule has 78 valence electrons. The van der Waals surface area contributed by atoms with E-state index in [2.05, 4.69) is 13.0 Å². The maximum Gasteiger partial charge on any atom is 0.0995 e. The third-order valence-electron chi connectivity index (χ3n) is 3.52. The topological polar surface area (TPSA) is 44.0 Å². The van der Waals surface area contributed by atoms with Crippen LogP contribution in [-0.4, -0.2) is 5.11 Å². The summed E-state index contributed by atoms with van der Waals surface area (Å²) in [5.74, 6) is 0.243. The first-order valence-corrected chi connectivity index (χ1v) is 5.40. The van der Waals surface area contributed by atoms with Crippen LogP contribution in [0.2, 0.25) is 0 Å². The summed E-state index contributed by atoms with van der Waals surface area (Å²) in [5.41, 5.74) is 0.623. The van der Waals surface area contributed by atoms with Gasteiger partial charge in [0, 0.05) is 5.56 Å². The van der Waals surface area contributed by atoms with Gasteiger partial charge in [0.15, 0.2) is 0 Å². The molecule has 1 aliphatic carbocycles. The standard InChI is InChI=1S/C13H15NO/c1-10-5-4-8-13(10,15)12-7-3-2-6-11(12)9-14/h2-3,6-7,10,15H,4-5,8H2,1H3. The molecule has 1 aliphatic rings. The first-order chi connectivity index (χ1) is 7.18. The highest BCUT2D eigenvalue weighted by atomic mass is 16.3. The minimum atomic E-state index is -0.785. The Morgan fingerprint density at radius 1 is 1.47 bits per heavy atom. The normalized spacial score (nSPS) is 30.1. The molecule has 1 aromatic carbocycles. The molecule has 2 unspecified atom stereocenters. The molecule has 0 saturated heterocycles. The van der Waals surface area contributed by atoms with Gasteiger partial charge in [-0.05, 0) is 31.2 Å². The van der Waals surface area contributed by atoms with Crippen LogP contribution in [0.3, 0.4) is 0 Å². The fraction of sp³-hybridized carbons (Fsp3) is 0.462. The number of benzene rings is 1. The molecule has 15 heavy (non-hydrogen) atoms. The Hall–Kier alpha value is -1.33. The third-order valence-corrected chi connectivity index (χ3v) is 3.52. The summed E-state index contributed by atoms with van der Waals surface area (Å²) in [7, 11) is 0. The zero-order valence-electron chi connectivity index (χ0n) is 8.90. The largest absolute Gasteiger partial charge is 0.385 e. The van der Waals surface area contributed by atoms with Crippen molar-refractivity contribution in [3.8, 4) is 6.07 Å². The number of nitrogens with zero attached hydrogens (tertiary/aromatic N) is 1. The summed E-state index contributed by atoms with van der Waals surface area (Å²) in [6.45, 7) is 2.06. The van der Waals surface area contributed by atoms with Crippen molar-refractivity contribution < 1.29 is 5.11 Å². The van der Waals surface area contributed by atoms with Crippen LogP contribution in [0.1, 0.15) is 37.3 Å². The smallest absolute Gasteiger partial charge is 0.0995 e. The molecule has 1 saturated carbocycles. The van der Waals surface area contributed by atoms with E-state index in [9.17, 15) is 5.11 Å². The average Bonchev–Trinajstić information content (AvgIpc) is 2.60. The van der Waals surface area contributed by atoms with Crippen molar-refractivity contribution in [1.82, 2.24) is 0 Å². The summed E-state index contributed by atoms with van der Waals surface area (Å²) >= 11 is 0. The van der Waals surface area contributed by atoms with Crippen molar-refractivity contribution in [3.05, 3.63) is 35.4 Å². The van der Waals surface area contributed by atoms with E-state index in [0.29, 0.717) is 5.56 Å². The van der Waals surface area contributed by atoms with E-state index in [-0.39, 0.29) is 5.92 Å². The predicted octanol–water partition coefficient (Wildman–Crippen LogP) is 2.57. The number of rotatable bonds is 1. The number of hydrogen-bond acceptors (Lipinski definition) is 2. The minimum absolute atomic E-state index is 0.243. The van der Waals surface area contributed by atoms with E-state index in [0.717, 1.165) is 24.8 Å². The second kappa shape index (κ2) is 3.67. The van der Waals surface area contributed by atoms with Crippen LogP contribution >= 0.6 is 0 Å². The molecule has 2 rings (SSSR count). The quantitative estimate of drug-likeness (QED) is 0.758. The van der Waals surface area contributed by atoms with Gasteiger partial charge in [-0.25, -0.2) is 0 Å². The second-order valence-electron chi connectivity index (χ2n) is 4.37. The molecule has 1 aromatic rings. The van der Waals surface area contributed by atoms with Gasteiger partial charge in [-0.3, -0.25) is 0 Å². The van der Waals surface area contributed by atoms with Gasteiger partial charge in [-0.1, -0.05) is 25.1 Å². The zero-order valence-corrected chi connectivity index (χ0v) is 8.90. The molecule has 0 radical (unpaired) electrons. The maximum absolute atomic E-state index is 10.6. The van der Waals surface area contributed by atoms with Crippen LogP contribution in [0.15, 0.2) is 24.3 Å². The van der Waals surface area contributed by atoms with Gasteiger partial charge in [-0.2, -0.15) is 5.26 Å². The summed E-state index contributed by atoms with van der Waals surface area (Å²) in [6.07, 6.45) is 2.85. The van der Waals surface area contributed by atoms with E-state index in [1.165, 1.54) is 0 Å². The van der Waals surface area contributed by atoms with Gasteiger partial charge in [0.1, 0.15) is 0 Å². The first kappa shape index (κ1) is 10.2. The van der Waals surface area contributed by atoms with Crippen molar-refractivity contribution in [2.75, 3.05) is 0 Å².